The fraction of sp³-hybridized carbons (Fsp3) is 0.923. The second kappa shape index (κ2) is 9.28. The lowest BCUT2D eigenvalue weighted by molar-refractivity contribution is 0.203. The van der Waals surface area contributed by atoms with Crippen LogP contribution in [0.25, 0.3) is 0 Å². The first-order chi connectivity index (χ1) is 8.36. The van der Waals surface area contributed by atoms with Gasteiger partial charge in [-0.1, -0.05) is 32.1 Å². The monoisotopic (exact) mass is 241 g/mol. The van der Waals surface area contributed by atoms with Gasteiger partial charge < -0.3 is 15.4 Å². The number of nitrogens with one attached hydrogen (secondary N) is 2. The zero-order valence-corrected chi connectivity index (χ0v) is 11.3. The molecule has 1 aliphatic carbocycles. The van der Waals surface area contributed by atoms with Gasteiger partial charge in [-0.2, -0.15) is 0 Å². The van der Waals surface area contributed by atoms with Crippen LogP contribution >= 0.6 is 0 Å². The van der Waals surface area contributed by atoms with Crippen LogP contribution in [-0.2, 0) is 4.74 Å². The summed E-state index contributed by atoms with van der Waals surface area (Å²) in [6, 6.07) is 0. The summed E-state index contributed by atoms with van der Waals surface area (Å²) >= 11 is 0. The number of aliphatic imine (C=N–C) groups is 1. The number of hydrogen-bond donors (Lipinski definition) is 2. The molecule has 100 valence electrons. The maximum absolute atomic E-state index is 4.99. The van der Waals surface area contributed by atoms with E-state index < -0.39 is 0 Å². The SMILES string of the molecule is CN=C(NCCOC)NCCC1CCCCC1. The van der Waals surface area contributed by atoms with Crippen LogP contribution in [0.4, 0.5) is 0 Å². The predicted octanol–water partition coefficient (Wildman–Crippen LogP) is 1.77. The zero-order chi connectivity index (χ0) is 12.3. The summed E-state index contributed by atoms with van der Waals surface area (Å²) in [5, 5.41) is 6.58. The van der Waals surface area contributed by atoms with Crippen LogP contribution in [0.15, 0.2) is 4.99 Å². The summed E-state index contributed by atoms with van der Waals surface area (Å²) in [7, 11) is 3.52. The van der Waals surface area contributed by atoms with E-state index in [2.05, 4.69) is 15.6 Å². The topological polar surface area (TPSA) is 45.7 Å². The Balaban J connectivity index is 2.06. The van der Waals surface area contributed by atoms with Crippen molar-refractivity contribution in [2.75, 3.05) is 33.9 Å². The van der Waals surface area contributed by atoms with Crippen molar-refractivity contribution in [3.05, 3.63) is 0 Å². The lowest BCUT2D eigenvalue weighted by atomic mass is 9.87. The van der Waals surface area contributed by atoms with E-state index in [1.165, 1.54) is 38.5 Å². The minimum absolute atomic E-state index is 0.712. The van der Waals surface area contributed by atoms with Crippen LogP contribution in [-0.4, -0.2) is 39.8 Å². The highest BCUT2D eigenvalue weighted by molar-refractivity contribution is 5.79. The minimum atomic E-state index is 0.712. The second-order valence-corrected chi connectivity index (χ2v) is 4.71. The van der Waals surface area contributed by atoms with Gasteiger partial charge in [0.15, 0.2) is 5.96 Å². The molecule has 0 unspecified atom stereocenters. The third kappa shape index (κ3) is 6.51. The second-order valence-electron chi connectivity index (χ2n) is 4.71. The first kappa shape index (κ1) is 14.3. The van der Waals surface area contributed by atoms with Gasteiger partial charge in [-0.25, -0.2) is 0 Å². The smallest absolute Gasteiger partial charge is 0.191 e. The molecule has 1 aliphatic rings. The molecule has 1 rings (SSSR count). The van der Waals surface area contributed by atoms with Gasteiger partial charge in [0.1, 0.15) is 0 Å². The van der Waals surface area contributed by atoms with Crippen molar-refractivity contribution in [2.45, 2.75) is 38.5 Å². The van der Waals surface area contributed by atoms with Gasteiger partial charge in [0.05, 0.1) is 6.61 Å². The average Bonchev–Trinajstić information content (AvgIpc) is 2.38. The number of methoxy groups -OCH3 is 1. The van der Waals surface area contributed by atoms with E-state index in [0.717, 1.165) is 25.0 Å². The normalized spacial score (nSPS) is 18.1. The van der Waals surface area contributed by atoms with Crippen LogP contribution in [0.2, 0.25) is 0 Å². The number of guanidine groups is 1. The highest BCUT2D eigenvalue weighted by Gasteiger charge is 2.12. The van der Waals surface area contributed by atoms with E-state index in [4.69, 9.17) is 4.74 Å². The Bertz CT molecular complexity index is 213. The van der Waals surface area contributed by atoms with Crippen molar-refractivity contribution in [3.63, 3.8) is 0 Å². The Hall–Kier alpha value is -0.770. The van der Waals surface area contributed by atoms with Gasteiger partial charge in [0, 0.05) is 27.2 Å². The van der Waals surface area contributed by atoms with Gasteiger partial charge >= 0.3 is 0 Å². The highest BCUT2D eigenvalue weighted by Crippen LogP contribution is 2.25. The maximum Gasteiger partial charge on any atom is 0.191 e. The minimum Gasteiger partial charge on any atom is -0.383 e. The summed E-state index contributed by atoms with van der Waals surface area (Å²) in [6.07, 6.45) is 8.38. The number of ether oxygens (including phenoxy) is 1. The number of rotatable bonds is 6. The number of nitrogens with zero attached hydrogens (tertiary/aromatic N) is 1. The van der Waals surface area contributed by atoms with E-state index in [1.807, 2.05) is 7.05 Å². The van der Waals surface area contributed by atoms with Crippen LogP contribution in [0.3, 0.4) is 0 Å². The molecule has 0 aromatic heterocycles. The molecule has 0 bridgehead atoms. The average molecular weight is 241 g/mol. The Morgan fingerprint density at radius 3 is 2.53 bits per heavy atom. The molecule has 0 aliphatic heterocycles. The van der Waals surface area contributed by atoms with Crippen molar-refractivity contribution in [2.24, 2.45) is 10.9 Å². The van der Waals surface area contributed by atoms with Crippen molar-refractivity contribution in [1.29, 1.82) is 0 Å². The van der Waals surface area contributed by atoms with E-state index in [0.29, 0.717) is 6.61 Å². The van der Waals surface area contributed by atoms with Gasteiger partial charge in [0.25, 0.3) is 0 Å². The van der Waals surface area contributed by atoms with E-state index in [9.17, 15) is 0 Å². The summed E-state index contributed by atoms with van der Waals surface area (Å²) in [4.78, 5) is 4.18. The molecular formula is C13H27N3O. The summed E-state index contributed by atoms with van der Waals surface area (Å²) in [6.45, 7) is 2.54. The quantitative estimate of drug-likeness (QED) is 0.423. The fourth-order valence-electron chi connectivity index (χ4n) is 2.36. The molecular weight excluding hydrogens is 214 g/mol. The van der Waals surface area contributed by atoms with Crippen molar-refractivity contribution >= 4 is 5.96 Å². The molecule has 1 fully saturated rings. The molecule has 2 N–H and O–H groups in total. The van der Waals surface area contributed by atoms with Gasteiger partial charge in [-0.3, -0.25) is 4.99 Å². The lowest BCUT2D eigenvalue weighted by Gasteiger charge is -2.22. The molecule has 4 heteroatoms. The van der Waals surface area contributed by atoms with Crippen LogP contribution in [0.1, 0.15) is 38.5 Å². The molecule has 0 aromatic carbocycles. The summed E-state index contributed by atoms with van der Waals surface area (Å²) in [5.41, 5.74) is 0. The van der Waals surface area contributed by atoms with E-state index >= 15 is 0 Å². The van der Waals surface area contributed by atoms with Gasteiger partial charge in [-0.05, 0) is 12.3 Å². The Morgan fingerprint density at radius 1 is 1.18 bits per heavy atom. The Labute approximate surface area is 105 Å². The molecule has 0 amide bonds. The van der Waals surface area contributed by atoms with E-state index in [-0.39, 0.29) is 0 Å². The first-order valence-corrected chi connectivity index (χ1v) is 6.80. The van der Waals surface area contributed by atoms with Crippen LogP contribution < -0.4 is 10.6 Å². The molecule has 0 aromatic rings. The van der Waals surface area contributed by atoms with Crippen molar-refractivity contribution < 1.29 is 4.74 Å². The maximum atomic E-state index is 4.99. The van der Waals surface area contributed by atoms with Crippen molar-refractivity contribution in [3.8, 4) is 0 Å². The van der Waals surface area contributed by atoms with Gasteiger partial charge in [-0.15, -0.1) is 0 Å². The molecule has 17 heavy (non-hydrogen) atoms. The van der Waals surface area contributed by atoms with Crippen molar-refractivity contribution in [1.82, 2.24) is 10.6 Å². The summed E-state index contributed by atoms with van der Waals surface area (Å²) < 4.78 is 4.99. The molecule has 0 atom stereocenters. The Morgan fingerprint density at radius 2 is 1.88 bits per heavy atom. The lowest BCUT2D eigenvalue weighted by Crippen LogP contribution is -2.39. The highest BCUT2D eigenvalue weighted by atomic mass is 16.5. The van der Waals surface area contributed by atoms with E-state index in [1.54, 1.807) is 7.11 Å². The van der Waals surface area contributed by atoms with Gasteiger partial charge in [0.2, 0.25) is 0 Å². The first-order valence-electron chi connectivity index (χ1n) is 6.80. The Kier molecular flexibility index (Phi) is 7.80. The third-order valence-corrected chi connectivity index (χ3v) is 3.39. The fourth-order valence-corrected chi connectivity index (χ4v) is 2.36. The molecule has 0 radical (unpaired) electrons. The largest absolute Gasteiger partial charge is 0.383 e. The summed E-state index contributed by atoms with van der Waals surface area (Å²) in [5.74, 6) is 1.81. The molecule has 0 heterocycles. The predicted molar refractivity (Wildman–Crippen MR) is 72.4 cm³/mol. The molecule has 4 nitrogen and oxygen atoms in total. The molecule has 0 saturated heterocycles. The number of hydrogen-bond acceptors (Lipinski definition) is 2. The molecule has 0 spiro atoms. The standard InChI is InChI=1S/C13H27N3O/c1-14-13(16-10-11-17-2)15-9-8-12-6-4-3-5-7-12/h12H,3-11H2,1-2H3,(H2,14,15,16). The van der Waals surface area contributed by atoms with Crippen LogP contribution in [0.5, 0.6) is 0 Å². The third-order valence-electron chi connectivity index (χ3n) is 3.39. The van der Waals surface area contributed by atoms with Crippen LogP contribution in [0, 0.1) is 5.92 Å². The zero-order valence-electron chi connectivity index (χ0n) is 11.3. The molecule has 1 saturated carbocycles.